The molecule has 0 saturated carbocycles. The monoisotopic (exact) mass is 495 g/mol. The van der Waals surface area contributed by atoms with Crippen molar-refractivity contribution >= 4 is 23.6 Å². The lowest BCUT2D eigenvalue weighted by atomic mass is 10.0. The van der Waals surface area contributed by atoms with Crippen LogP contribution in [-0.2, 0) is 20.8 Å². The molecule has 0 spiro atoms. The van der Waals surface area contributed by atoms with Gasteiger partial charge in [-0.2, -0.15) is 0 Å². The van der Waals surface area contributed by atoms with Crippen LogP contribution >= 0.6 is 0 Å². The molecule has 4 amide bonds. The van der Waals surface area contributed by atoms with Crippen LogP contribution < -0.4 is 26.0 Å². The maximum absolute atomic E-state index is 13.1. The second-order valence-electron chi connectivity index (χ2n) is 8.89. The van der Waals surface area contributed by atoms with E-state index in [0.29, 0.717) is 18.7 Å². The molecule has 36 heavy (non-hydrogen) atoms. The van der Waals surface area contributed by atoms with Crippen molar-refractivity contribution in [1.82, 2.24) is 26.3 Å². The number of pyridine rings is 1. The lowest BCUT2D eigenvalue weighted by Crippen LogP contribution is -2.51. The number of nitrogens with one attached hydrogen (secondary N) is 4. The third kappa shape index (κ3) is 7.79. The first kappa shape index (κ1) is 26.7. The standard InChI is InChI=1S/C26H33N5O5/c1-17(2)23-26(35)29-15-16-36-21-6-4-3-5-19(21)24(33)30-20(7-8-22(32)31-23)25(34)28-14-11-18-9-12-27-13-10-18/h3-6,9-10,12-13,17,20,23H,7-8,11,14-16H2,1-2H3,(H,28,34)(H,29,35)(H,30,33)(H,31,32)/t20-,23+/m0/s1. The molecule has 1 aliphatic rings. The van der Waals surface area contributed by atoms with Crippen LogP contribution in [-0.4, -0.2) is 60.4 Å². The van der Waals surface area contributed by atoms with E-state index in [1.807, 2.05) is 26.0 Å². The van der Waals surface area contributed by atoms with Gasteiger partial charge in [-0.1, -0.05) is 26.0 Å². The summed E-state index contributed by atoms with van der Waals surface area (Å²) in [5.74, 6) is -1.38. The first-order valence-corrected chi connectivity index (χ1v) is 12.1. The average Bonchev–Trinajstić information content (AvgIpc) is 2.87. The van der Waals surface area contributed by atoms with E-state index >= 15 is 0 Å². The molecule has 1 aliphatic heterocycles. The topological polar surface area (TPSA) is 139 Å². The van der Waals surface area contributed by atoms with Gasteiger partial charge in [-0.05, 0) is 48.6 Å². The van der Waals surface area contributed by atoms with Crippen molar-refractivity contribution < 1.29 is 23.9 Å². The Morgan fingerprint density at radius 1 is 1.11 bits per heavy atom. The smallest absolute Gasteiger partial charge is 0.255 e. The van der Waals surface area contributed by atoms with Crippen molar-refractivity contribution in [3.05, 3.63) is 59.9 Å². The van der Waals surface area contributed by atoms with Crippen LogP contribution in [0.5, 0.6) is 5.75 Å². The summed E-state index contributed by atoms with van der Waals surface area (Å²) in [6.45, 7) is 4.37. The Bertz CT molecular complexity index is 1060. The van der Waals surface area contributed by atoms with Crippen LogP contribution in [0.3, 0.4) is 0 Å². The Labute approximate surface area is 210 Å². The number of aromatic nitrogens is 1. The number of hydrogen-bond donors (Lipinski definition) is 4. The Balaban J connectivity index is 1.76. The summed E-state index contributed by atoms with van der Waals surface area (Å²) >= 11 is 0. The fraction of sp³-hybridized carbons (Fsp3) is 0.423. The second kappa shape index (κ2) is 13.2. The zero-order chi connectivity index (χ0) is 25.9. The number of fused-ring (bicyclic) bond motifs is 1. The third-order valence-corrected chi connectivity index (χ3v) is 5.80. The van der Waals surface area contributed by atoms with Crippen LogP contribution in [0.25, 0.3) is 0 Å². The van der Waals surface area contributed by atoms with Crippen LogP contribution in [0.4, 0.5) is 0 Å². The molecule has 0 saturated heterocycles. The van der Waals surface area contributed by atoms with Crippen LogP contribution in [0.2, 0.25) is 0 Å². The highest BCUT2D eigenvalue weighted by Gasteiger charge is 2.27. The Hall–Kier alpha value is -3.95. The number of amides is 4. The van der Waals surface area contributed by atoms with Gasteiger partial charge in [0.05, 0.1) is 12.1 Å². The number of ether oxygens (including phenoxy) is 1. The fourth-order valence-electron chi connectivity index (χ4n) is 3.79. The van der Waals surface area contributed by atoms with Crippen molar-refractivity contribution in [2.24, 2.45) is 5.92 Å². The van der Waals surface area contributed by atoms with Gasteiger partial charge in [0.1, 0.15) is 24.4 Å². The normalized spacial score (nSPS) is 19.5. The summed E-state index contributed by atoms with van der Waals surface area (Å²) in [5, 5.41) is 11.1. The summed E-state index contributed by atoms with van der Waals surface area (Å²) in [6.07, 6.45) is 3.98. The molecular formula is C26H33N5O5. The van der Waals surface area contributed by atoms with Gasteiger partial charge < -0.3 is 26.0 Å². The van der Waals surface area contributed by atoms with Gasteiger partial charge in [0.2, 0.25) is 17.7 Å². The summed E-state index contributed by atoms with van der Waals surface area (Å²) < 4.78 is 5.74. The lowest BCUT2D eigenvalue weighted by molar-refractivity contribution is -0.130. The predicted octanol–water partition coefficient (Wildman–Crippen LogP) is 0.969. The molecule has 2 heterocycles. The van der Waals surface area contributed by atoms with E-state index in [9.17, 15) is 19.2 Å². The number of nitrogens with zero attached hydrogens (tertiary/aromatic N) is 1. The maximum Gasteiger partial charge on any atom is 0.255 e. The number of rotatable bonds is 5. The van der Waals surface area contributed by atoms with E-state index in [4.69, 9.17) is 4.74 Å². The highest BCUT2D eigenvalue weighted by molar-refractivity contribution is 5.99. The predicted molar refractivity (Wildman–Crippen MR) is 133 cm³/mol. The van der Waals surface area contributed by atoms with Gasteiger partial charge in [0.15, 0.2) is 0 Å². The minimum atomic E-state index is -0.954. The molecule has 192 valence electrons. The van der Waals surface area contributed by atoms with E-state index in [2.05, 4.69) is 26.3 Å². The van der Waals surface area contributed by atoms with E-state index in [1.165, 1.54) is 0 Å². The molecule has 10 nitrogen and oxygen atoms in total. The molecule has 2 atom stereocenters. The zero-order valence-electron chi connectivity index (χ0n) is 20.6. The SMILES string of the molecule is CC(C)[C@H]1NC(=O)CC[C@@H](C(=O)NCCc2ccncc2)NC(=O)c2ccccc2OCCNC1=O. The quantitative estimate of drug-likeness (QED) is 0.488. The molecule has 10 heteroatoms. The van der Waals surface area contributed by atoms with Crippen molar-refractivity contribution in [1.29, 1.82) is 0 Å². The second-order valence-corrected chi connectivity index (χ2v) is 8.89. The van der Waals surface area contributed by atoms with Crippen molar-refractivity contribution in [2.75, 3.05) is 19.7 Å². The van der Waals surface area contributed by atoms with Gasteiger partial charge >= 0.3 is 0 Å². The molecule has 4 N–H and O–H groups in total. The summed E-state index contributed by atoms with van der Waals surface area (Å²) in [5.41, 5.74) is 1.28. The molecule has 0 unspecified atom stereocenters. The van der Waals surface area contributed by atoms with Gasteiger partial charge in [0, 0.05) is 25.4 Å². The zero-order valence-corrected chi connectivity index (χ0v) is 20.6. The van der Waals surface area contributed by atoms with Gasteiger partial charge in [0.25, 0.3) is 5.91 Å². The number of carbonyl (C=O) groups excluding carboxylic acids is 4. The van der Waals surface area contributed by atoms with Crippen LogP contribution in [0.1, 0.15) is 42.6 Å². The first-order chi connectivity index (χ1) is 17.3. The maximum atomic E-state index is 13.1. The molecule has 0 fully saturated rings. The van der Waals surface area contributed by atoms with Crippen LogP contribution in [0, 0.1) is 5.92 Å². The number of para-hydroxylation sites is 1. The van der Waals surface area contributed by atoms with Gasteiger partial charge in [-0.3, -0.25) is 24.2 Å². The summed E-state index contributed by atoms with van der Waals surface area (Å²) in [6, 6.07) is 8.73. The largest absolute Gasteiger partial charge is 0.491 e. The van der Waals surface area contributed by atoms with E-state index in [-0.39, 0.29) is 49.3 Å². The van der Waals surface area contributed by atoms with E-state index in [0.717, 1.165) is 5.56 Å². The molecule has 3 rings (SSSR count). The van der Waals surface area contributed by atoms with Gasteiger partial charge in [-0.25, -0.2) is 0 Å². The van der Waals surface area contributed by atoms with Crippen molar-refractivity contribution in [3.8, 4) is 5.75 Å². The van der Waals surface area contributed by atoms with Crippen LogP contribution in [0.15, 0.2) is 48.8 Å². The molecule has 0 aliphatic carbocycles. The Kier molecular flexibility index (Phi) is 9.79. The first-order valence-electron chi connectivity index (χ1n) is 12.1. The minimum Gasteiger partial charge on any atom is -0.491 e. The molecular weight excluding hydrogens is 462 g/mol. The molecule has 1 aromatic heterocycles. The number of benzene rings is 1. The third-order valence-electron chi connectivity index (χ3n) is 5.80. The van der Waals surface area contributed by atoms with Crippen molar-refractivity contribution in [2.45, 2.75) is 45.2 Å². The van der Waals surface area contributed by atoms with E-state index in [1.54, 1.807) is 36.7 Å². The van der Waals surface area contributed by atoms with Crippen molar-refractivity contribution in [3.63, 3.8) is 0 Å². The highest BCUT2D eigenvalue weighted by atomic mass is 16.5. The molecule has 1 aromatic carbocycles. The molecule has 0 bridgehead atoms. The summed E-state index contributed by atoms with van der Waals surface area (Å²) in [4.78, 5) is 55.4. The fourth-order valence-corrected chi connectivity index (χ4v) is 3.79. The molecule has 0 radical (unpaired) electrons. The average molecular weight is 496 g/mol. The van der Waals surface area contributed by atoms with E-state index < -0.39 is 23.9 Å². The Morgan fingerprint density at radius 2 is 1.86 bits per heavy atom. The molecule has 2 aromatic rings. The highest BCUT2D eigenvalue weighted by Crippen LogP contribution is 2.18. The summed E-state index contributed by atoms with van der Waals surface area (Å²) in [7, 11) is 0. The lowest BCUT2D eigenvalue weighted by Gasteiger charge is -2.22. The number of hydrogen-bond acceptors (Lipinski definition) is 6. The minimum absolute atomic E-state index is 0.0443. The Morgan fingerprint density at radius 3 is 2.61 bits per heavy atom. The number of carbonyl (C=O) groups is 4. The van der Waals surface area contributed by atoms with Gasteiger partial charge in [-0.15, -0.1) is 0 Å².